The van der Waals surface area contributed by atoms with E-state index in [1.54, 1.807) is 0 Å². The molecule has 1 saturated heterocycles. The highest BCUT2D eigenvalue weighted by Gasteiger charge is 2.24. The van der Waals surface area contributed by atoms with Gasteiger partial charge in [-0.1, -0.05) is 30.3 Å². The molecule has 2 aliphatic heterocycles. The second kappa shape index (κ2) is 5.47. The van der Waals surface area contributed by atoms with Crippen LogP contribution < -0.4 is 4.74 Å². The zero-order valence-corrected chi connectivity index (χ0v) is 12.3. The third-order valence-electron chi connectivity index (χ3n) is 4.49. The Balaban J connectivity index is 1.71. The molecule has 0 bridgehead atoms. The Morgan fingerprint density at radius 2 is 2.00 bits per heavy atom. The summed E-state index contributed by atoms with van der Waals surface area (Å²) in [5.41, 5.74) is 6.18. The fraction of sp³-hybridized carbons (Fsp3) is 0.316. The standard InChI is InChI=1S/C19H17NO2/c20-7-1-2-13-3-6-17-18-9-14(16-10-21-11-16)4-5-15(18)12-22-19(17)8-13/h3-6,8-9,16H,1-2,10-12H2. The summed E-state index contributed by atoms with van der Waals surface area (Å²) in [5.74, 6) is 1.47. The number of rotatable bonds is 3. The van der Waals surface area contributed by atoms with Crippen molar-refractivity contribution in [1.82, 2.24) is 0 Å². The summed E-state index contributed by atoms with van der Waals surface area (Å²) < 4.78 is 11.2. The van der Waals surface area contributed by atoms with E-state index in [2.05, 4.69) is 42.5 Å². The Kier molecular flexibility index (Phi) is 3.32. The number of hydrogen-bond donors (Lipinski definition) is 0. The number of fused-ring (bicyclic) bond motifs is 3. The minimum absolute atomic E-state index is 0.534. The van der Waals surface area contributed by atoms with Crippen molar-refractivity contribution in [2.24, 2.45) is 0 Å². The lowest BCUT2D eigenvalue weighted by Gasteiger charge is -2.28. The molecule has 1 fully saturated rings. The fourth-order valence-corrected chi connectivity index (χ4v) is 3.07. The molecule has 0 radical (unpaired) electrons. The third-order valence-corrected chi connectivity index (χ3v) is 4.49. The highest BCUT2D eigenvalue weighted by atomic mass is 16.5. The van der Waals surface area contributed by atoms with Crippen LogP contribution in [0.25, 0.3) is 11.1 Å². The molecular weight excluding hydrogens is 274 g/mol. The van der Waals surface area contributed by atoms with Gasteiger partial charge in [0.15, 0.2) is 0 Å². The molecule has 2 aromatic rings. The molecule has 2 heterocycles. The van der Waals surface area contributed by atoms with Crippen LogP contribution >= 0.6 is 0 Å². The molecular formula is C19H17NO2. The molecule has 3 heteroatoms. The van der Waals surface area contributed by atoms with E-state index in [0.29, 0.717) is 18.9 Å². The normalized spacial score (nSPS) is 16.0. The van der Waals surface area contributed by atoms with Gasteiger partial charge in [-0.15, -0.1) is 0 Å². The van der Waals surface area contributed by atoms with E-state index in [0.717, 1.165) is 36.5 Å². The summed E-state index contributed by atoms with van der Waals surface area (Å²) in [4.78, 5) is 0. The number of ether oxygens (including phenoxy) is 2. The quantitative estimate of drug-likeness (QED) is 0.863. The van der Waals surface area contributed by atoms with Gasteiger partial charge < -0.3 is 9.47 Å². The third kappa shape index (κ3) is 2.26. The molecule has 110 valence electrons. The van der Waals surface area contributed by atoms with Crippen molar-refractivity contribution < 1.29 is 9.47 Å². The van der Waals surface area contributed by atoms with Gasteiger partial charge in [0.1, 0.15) is 12.4 Å². The Morgan fingerprint density at radius 1 is 1.09 bits per heavy atom. The summed E-state index contributed by atoms with van der Waals surface area (Å²) >= 11 is 0. The molecule has 0 atom stereocenters. The van der Waals surface area contributed by atoms with Gasteiger partial charge in [0.25, 0.3) is 0 Å². The van der Waals surface area contributed by atoms with Crippen LogP contribution in [0.4, 0.5) is 0 Å². The summed E-state index contributed by atoms with van der Waals surface area (Å²) in [6, 6.07) is 15.2. The smallest absolute Gasteiger partial charge is 0.127 e. The van der Waals surface area contributed by atoms with Crippen molar-refractivity contribution in [1.29, 1.82) is 5.26 Å². The predicted octanol–water partition coefficient (Wildman–Crippen LogP) is 3.82. The lowest BCUT2D eigenvalue weighted by molar-refractivity contribution is 0.00842. The second-order valence-corrected chi connectivity index (χ2v) is 5.93. The maximum Gasteiger partial charge on any atom is 0.127 e. The van der Waals surface area contributed by atoms with E-state index in [1.165, 1.54) is 16.7 Å². The minimum atomic E-state index is 0.534. The lowest BCUT2D eigenvalue weighted by Crippen LogP contribution is -2.25. The van der Waals surface area contributed by atoms with Gasteiger partial charge in [0, 0.05) is 17.9 Å². The SMILES string of the molecule is N#CCCc1ccc2c(c1)OCc1ccc(C3COC3)cc1-2. The highest BCUT2D eigenvalue weighted by molar-refractivity contribution is 5.76. The maximum atomic E-state index is 8.72. The van der Waals surface area contributed by atoms with Crippen molar-refractivity contribution in [3.05, 3.63) is 53.1 Å². The molecule has 0 unspecified atom stereocenters. The van der Waals surface area contributed by atoms with Gasteiger partial charge >= 0.3 is 0 Å². The van der Waals surface area contributed by atoms with Crippen LogP contribution in [0.2, 0.25) is 0 Å². The first-order valence-electron chi connectivity index (χ1n) is 7.69. The van der Waals surface area contributed by atoms with Crippen LogP contribution in [-0.4, -0.2) is 13.2 Å². The van der Waals surface area contributed by atoms with Gasteiger partial charge in [-0.3, -0.25) is 0 Å². The topological polar surface area (TPSA) is 42.2 Å². The first kappa shape index (κ1) is 13.4. The molecule has 0 N–H and O–H groups in total. The number of benzene rings is 2. The fourth-order valence-electron chi connectivity index (χ4n) is 3.07. The van der Waals surface area contributed by atoms with Crippen LogP contribution in [0.1, 0.15) is 29.0 Å². The molecule has 3 nitrogen and oxygen atoms in total. The van der Waals surface area contributed by atoms with Gasteiger partial charge in [0.05, 0.1) is 19.3 Å². The van der Waals surface area contributed by atoms with Gasteiger partial charge in [0.2, 0.25) is 0 Å². The first-order chi connectivity index (χ1) is 10.8. The van der Waals surface area contributed by atoms with Gasteiger partial charge in [-0.25, -0.2) is 0 Å². The molecule has 0 saturated carbocycles. The first-order valence-corrected chi connectivity index (χ1v) is 7.69. The maximum absolute atomic E-state index is 8.72. The monoisotopic (exact) mass is 291 g/mol. The zero-order valence-electron chi connectivity index (χ0n) is 12.3. The Morgan fingerprint density at radius 3 is 2.77 bits per heavy atom. The Labute approximate surface area is 130 Å². The van der Waals surface area contributed by atoms with Crippen LogP contribution in [-0.2, 0) is 17.8 Å². The van der Waals surface area contributed by atoms with E-state index < -0.39 is 0 Å². The number of nitrogens with zero attached hydrogens (tertiary/aromatic N) is 1. The number of aryl methyl sites for hydroxylation is 1. The van der Waals surface area contributed by atoms with Crippen LogP contribution in [0.15, 0.2) is 36.4 Å². The Bertz CT molecular complexity index is 757. The lowest BCUT2D eigenvalue weighted by atomic mass is 9.89. The average molecular weight is 291 g/mol. The average Bonchev–Trinajstić information content (AvgIpc) is 2.51. The van der Waals surface area contributed by atoms with Gasteiger partial charge in [-0.2, -0.15) is 5.26 Å². The van der Waals surface area contributed by atoms with Crippen LogP contribution in [0, 0.1) is 11.3 Å². The van der Waals surface area contributed by atoms with E-state index in [1.807, 2.05) is 0 Å². The van der Waals surface area contributed by atoms with Crippen molar-refractivity contribution in [3.8, 4) is 22.9 Å². The second-order valence-electron chi connectivity index (χ2n) is 5.93. The largest absolute Gasteiger partial charge is 0.488 e. The minimum Gasteiger partial charge on any atom is -0.488 e. The summed E-state index contributed by atoms with van der Waals surface area (Å²) in [6.45, 7) is 2.27. The molecule has 0 spiro atoms. The van der Waals surface area contributed by atoms with E-state index in [9.17, 15) is 0 Å². The van der Waals surface area contributed by atoms with E-state index in [4.69, 9.17) is 14.7 Å². The zero-order chi connectivity index (χ0) is 14.9. The van der Waals surface area contributed by atoms with Crippen LogP contribution in [0.5, 0.6) is 5.75 Å². The molecule has 22 heavy (non-hydrogen) atoms. The van der Waals surface area contributed by atoms with E-state index >= 15 is 0 Å². The molecule has 4 rings (SSSR count). The predicted molar refractivity (Wildman–Crippen MR) is 83.7 cm³/mol. The van der Waals surface area contributed by atoms with Gasteiger partial charge in [-0.05, 0) is 34.7 Å². The highest BCUT2D eigenvalue weighted by Crippen LogP contribution is 2.40. The van der Waals surface area contributed by atoms with Crippen molar-refractivity contribution in [2.75, 3.05) is 13.2 Å². The number of hydrogen-bond acceptors (Lipinski definition) is 3. The van der Waals surface area contributed by atoms with E-state index in [-0.39, 0.29) is 0 Å². The Hall–Kier alpha value is -2.31. The van der Waals surface area contributed by atoms with Crippen LogP contribution in [0.3, 0.4) is 0 Å². The summed E-state index contributed by atoms with van der Waals surface area (Å²) in [6.07, 6.45) is 1.32. The van der Waals surface area contributed by atoms with Crippen molar-refractivity contribution in [2.45, 2.75) is 25.4 Å². The summed E-state index contributed by atoms with van der Waals surface area (Å²) in [7, 11) is 0. The molecule has 0 aromatic heterocycles. The number of nitriles is 1. The molecule has 0 amide bonds. The summed E-state index contributed by atoms with van der Waals surface area (Å²) in [5, 5.41) is 8.72. The molecule has 2 aromatic carbocycles. The molecule has 0 aliphatic carbocycles. The molecule has 2 aliphatic rings. The van der Waals surface area contributed by atoms with Crippen molar-refractivity contribution >= 4 is 0 Å². The van der Waals surface area contributed by atoms with Crippen molar-refractivity contribution in [3.63, 3.8) is 0 Å².